The van der Waals surface area contributed by atoms with Gasteiger partial charge in [0, 0.05) is 0 Å². The molecule has 3 rings (SSSR count). The van der Waals surface area contributed by atoms with Gasteiger partial charge >= 0.3 is 0 Å². The molecule has 0 bridgehead atoms. The van der Waals surface area contributed by atoms with Crippen LogP contribution in [-0.4, -0.2) is 34.5 Å². The highest BCUT2D eigenvalue weighted by molar-refractivity contribution is 6.08. The molecule has 0 saturated carbocycles. The van der Waals surface area contributed by atoms with Gasteiger partial charge in [-0.15, -0.1) is 10.2 Å². The fourth-order valence-corrected chi connectivity index (χ4v) is 1.90. The predicted molar refractivity (Wildman–Crippen MR) is 64.4 cm³/mol. The minimum atomic E-state index is -0.281. The number of aromatic nitrogens is 3. The Bertz CT molecular complexity index is 595. The molecule has 18 heavy (non-hydrogen) atoms. The number of aromatic amines is 1. The molecule has 0 unspecified atom stereocenters. The van der Waals surface area contributed by atoms with E-state index in [1.807, 2.05) is 24.3 Å². The quantitative estimate of drug-likeness (QED) is 0.759. The second-order valence-corrected chi connectivity index (χ2v) is 3.83. The molecule has 0 aliphatic carbocycles. The number of nitrogens with zero attached hydrogens (tertiary/aromatic N) is 3. The highest BCUT2D eigenvalue weighted by atomic mass is 16.5. The van der Waals surface area contributed by atoms with Crippen molar-refractivity contribution in [2.24, 2.45) is 0 Å². The third-order valence-corrected chi connectivity index (χ3v) is 2.75. The summed E-state index contributed by atoms with van der Waals surface area (Å²) in [4.78, 5) is 13.9. The number of hydrogen-bond acceptors (Lipinski definition) is 5. The van der Waals surface area contributed by atoms with E-state index >= 15 is 0 Å². The van der Waals surface area contributed by atoms with E-state index < -0.39 is 0 Å². The molecule has 0 radical (unpaired) electrons. The monoisotopic (exact) mass is 245 g/mol. The van der Waals surface area contributed by atoms with Crippen molar-refractivity contribution in [3.8, 4) is 5.75 Å². The molecule has 7 nitrogen and oxygen atoms in total. The molecule has 1 aromatic heterocycles. The minimum Gasteiger partial charge on any atom is -0.490 e. The van der Waals surface area contributed by atoms with Crippen LogP contribution in [0.25, 0.3) is 0 Å². The van der Waals surface area contributed by atoms with Gasteiger partial charge in [-0.1, -0.05) is 12.1 Å². The van der Waals surface area contributed by atoms with Crippen LogP contribution in [0.2, 0.25) is 0 Å². The van der Waals surface area contributed by atoms with Crippen LogP contribution >= 0.6 is 0 Å². The lowest BCUT2D eigenvalue weighted by Gasteiger charge is -2.28. The van der Waals surface area contributed by atoms with Crippen LogP contribution in [0.1, 0.15) is 10.5 Å². The first-order chi connectivity index (χ1) is 8.77. The largest absolute Gasteiger partial charge is 0.490 e. The van der Waals surface area contributed by atoms with Crippen molar-refractivity contribution >= 4 is 17.4 Å². The van der Waals surface area contributed by atoms with E-state index in [0.29, 0.717) is 18.9 Å². The second kappa shape index (κ2) is 4.02. The summed E-state index contributed by atoms with van der Waals surface area (Å²) in [6, 6.07) is 7.35. The van der Waals surface area contributed by atoms with Crippen LogP contribution in [0.3, 0.4) is 0 Å². The Hall–Kier alpha value is -2.57. The first-order valence-electron chi connectivity index (χ1n) is 5.47. The normalized spacial score (nSPS) is 13.9. The number of nitrogens with one attached hydrogen (secondary N) is 1. The van der Waals surface area contributed by atoms with Crippen molar-refractivity contribution in [2.45, 2.75) is 0 Å². The van der Waals surface area contributed by atoms with Gasteiger partial charge < -0.3 is 10.5 Å². The molecule has 2 heterocycles. The van der Waals surface area contributed by atoms with Crippen molar-refractivity contribution in [3.63, 3.8) is 0 Å². The summed E-state index contributed by atoms with van der Waals surface area (Å²) in [5.74, 6) is 0.500. The first kappa shape index (κ1) is 10.6. The summed E-state index contributed by atoms with van der Waals surface area (Å²) in [7, 11) is 0. The zero-order valence-electron chi connectivity index (χ0n) is 9.46. The Morgan fingerprint density at radius 2 is 2.22 bits per heavy atom. The van der Waals surface area contributed by atoms with E-state index in [4.69, 9.17) is 10.5 Å². The Balaban J connectivity index is 2.00. The number of benzene rings is 1. The number of para-hydroxylation sites is 2. The fraction of sp³-hybridized carbons (Fsp3) is 0.182. The number of anilines is 2. The Labute approximate surface area is 103 Å². The molecule has 3 N–H and O–H groups in total. The lowest BCUT2D eigenvalue weighted by Crippen LogP contribution is -2.38. The highest BCUT2D eigenvalue weighted by Gasteiger charge is 2.27. The summed E-state index contributed by atoms with van der Waals surface area (Å²) in [6.07, 6.45) is 0. The summed E-state index contributed by atoms with van der Waals surface area (Å²) >= 11 is 0. The molecule has 1 amide bonds. The number of nitrogens with two attached hydrogens (primary N) is 1. The summed E-state index contributed by atoms with van der Waals surface area (Å²) < 4.78 is 5.48. The van der Waals surface area contributed by atoms with E-state index in [0.717, 1.165) is 5.69 Å². The van der Waals surface area contributed by atoms with Crippen LogP contribution in [-0.2, 0) is 0 Å². The van der Waals surface area contributed by atoms with Gasteiger partial charge in [0.2, 0.25) is 0 Å². The third-order valence-electron chi connectivity index (χ3n) is 2.75. The SMILES string of the molecule is Nc1n[nH]nc1C(=O)N1CCOc2ccccc21. The number of fused-ring (bicyclic) bond motifs is 1. The van der Waals surface area contributed by atoms with Gasteiger partial charge in [0.1, 0.15) is 12.4 Å². The van der Waals surface area contributed by atoms with Crippen LogP contribution in [0.15, 0.2) is 24.3 Å². The van der Waals surface area contributed by atoms with Crippen LogP contribution in [0, 0.1) is 0 Å². The lowest BCUT2D eigenvalue weighted by atomic mass is 10.2. The molecule has 2 aromatic rings. The molecule has 1 aliphatic heterocycles. The molecule has 0 fully saturated rings. The Morgan fingerprint density at radius 3 is 3.00 bits per heavy atom. The van der Waals surface area contributed by atoms with Gasteiger partial charge in [0.25, 0.3) is 5.91 Å². The van der Waals surface area contributed by atoms with Crippen molar-refractivity contribution in [1.82, 2.24) is 15.4 Å². The van der Waals surface area contributed by atoms with Gasteiger partial charge in [-0.3, -0.25) is 9.69 Å². The number of nitrogen functional groups attached to an aromatic ring is 1. The standard InChI is InChI=1S/C11H11N5O2/c12-10-9(13-15-14-10)11(17)16-5-6-18-8-4-2-1-3-7(8)16/h1-4H,5-6H2,(H3,12,13,14,15). The number of carbonyl (C=O) groups excluding carboxylic acids is 1. The maximum Gasteiger partial charge on any atom is 0.282 e. The Morgan fingerprint density at radius 1 is 1.39 bits per heavy atom. The van der Waals surface area contributed by atoms with Crippen LogP contribution in [0.4, 0.5) is 11.5 Å². The molecular formula is C11H11N5O2. The highest BCUT2D eigenvalue weighted by Crippen LogP contribution is 2.31. The summed E-state index contributed by atoms with van der Waals surface area (Å²) in [5, 5.41) is 9.76. The number of H-pyrrole nitrogens is 1. The second-order valence-electron chi connectivity index (χ2n) is 3.83. The molecule has 7 heteroatoms. The van der Waals surface area contributed by atoms with Crippen LogP contribution < -0.4 is 15.4 Å². The average Bonchev–Trinajstić information content (AvgIpc) is 2.83. The molecule has 1 aromatic carbocycles. The van der Waals surface area contributed by atoms with Crippen molar-refractivity contribution < 1.29 is 9.53 Å². The molecule has 92 valence electrons. The lowest BCUT2D eigenvalue weighted by molar-refractivity contribution is 0.0972. The zero-order valence-corrected chi connectivity index (χ0v) is 9.46. The molecule has 1 aliphatic rings. The third kappa shape index (κ3) is 1.56. The maximum absolute atomic E-state index is 12.3. The summed E-state index contributed by atoms with van der Waals surface area (Å²) in [5.41, 5.74) is 6.43. The van der Waals surface area contributed by atoms with Crippen molar-refractivity contribution in [1.29, 1.82) is 0 Å². The smallest absolute Gasteiger partial charge is 0.282 e. The molecule has 0 atom stereocenters. The van der Waals surface area contributed by atoms with Gasteiger partial charge in [0.15, 0.2) is 11.5 Å². The van der Waals surface area contributed by atoms with Crippen molar-refractivity contribution in [2.75, 3.05) is 23.8 Å². The van der Waals surface area contributed by atoms with E-state index in [1.165, 1.54) is 0 Å². The molecule has 0 spiro atoms. The number of hydrogen-bond donors (Lipinski definition) is 2. The van der Waals surface area contributed by atoms with E-state index in [1.54, 1.807) is 4.90 Å². The number of amides is 1. The zero-order chi connectivity index (χ0) is 12.5. The minimum absolute atomic E-state index is 0.101. The van der Waals surface area contributed by atoms with E-state index in [9.17, 15) is 4.79 Å². The molecule has 0 saturated heterocycles. The van der Waals surface area contributed by atoms with Gasteiger partial charge in [-0.25, -0.2) is 0 Å². The summed E-state index contributed by atoms with van der Waals surface area (Å²) in [6.45, 7) is 0.905. The van der Waals surface area contributed by atoms with Crippen molar-refractivity contribution in [3.05, 3.63) is 30.0 Å². The fourth-order valence-electron chi connectivity index (χ4n) is 1.90. The number of carbonyl (C=O) groups is 1. The maximum atomic E-state index is 12.3. The molecular weight excluding hydrogens is 234 g/mol. The number of rotatable bonds is 1. The Kier molecular flexibility index (Phi) is 2.36. The first-order valence-corrected chi connectivity index (χ1v) is 5.47. The van der Waals surface area contributed by atoms with Gasteiger partial charge in [-0.2, -0.15) is 5.21 Å². The number of ether oxygens (including phenoxy) is 1. The van der Waals surface area contributed by atoms with Gasteiger partial charge in [-0.05, 0) is 12.1 Å². The average molecular weight is 245 g/mol. The van der Waals surface area contributed by atoms with Gasteiger partial charge in [0.05, 0.1) is 12.2 Å². The van der Waals surface area contributed by atoms with E-state index in [2.05, 4.69) is 15.4 Å². The topological polar surface area (TPSA) is 97.1 Å². The predicted octanol–water partition coefficient (Wildman–Crippen LogP) is 0.426. The van der Waals surface area contributed by atoms with Crippen LogP contribution in [0.5, 0.6) is 5.75 Å². The van der Waals surface area contributed by atoms with E-state index in [-0.39, 0.29) is 17.4 Å².